The number of thiophene rings is 1. The number of amides is 2. The zero-order chi connectivity index (χ0) is 20.8. The number of likely N-dealkylation sites (N-methyl/N-ethyl adjacent to an activating group) is 1. The molecule has 7 heteroatoms. The van der Waals surface area contributed by atoms with E-state index in [9.17, 15) is 9.59 Å². The Labute approximate surface area is 179 Å². The van der Waals surface area contributed by atoms with Gasteiger partial charge in [-0.3, -0.25) is 9.59 Å². The third-order valence-corrected chi connectivity index (χ3v) is 5.68. The van der Waals surface area contributed by atoms with E-state index in [1.54, 1.807) is 30.3 Å². The Morgan fingerprint density at radius 3 is 2.45 bits per heavy atom. The van der Waals surface area contributed by atoms with E-state index < -0.39 is 0 Å². The van der Waals surface area contributed by atoms with Gasteiger partial charge >= 0.3 is 0 Å². The minimum atomic E-state index is -0.254. The molecule has 0 bridgehead atoms. The second-order valence-electron chi connectivity index (χ2n) is 6.73. The van der Waals surface area contributed by atoms with Gasteiger partial charge in [-0.05, 0) is 49.3 Å². The third-order valence-electron chi connectivity index (χ3n) is 4.49. The summed E-state index contributed by atoms with van der Waals surface area (Å²) in [6.45, 7) is 0.454. The van der Waals surface area contributed by atoms with E-state index in [-0.39, 0.29) is 17.9 Å². The molecule has 2 aromatic carbocycles. The fourth-order valence-corrected chi connectivity index (χ4v) is 3.70. The first kappa shape index (κ1) is 21.0. The predicted octanol–water partition coefficient (Wildman–Crippen LogP) is 4.69. The average Bonchev–Trinajstić information content (AvgIpc) is 3.25. The van der Waals surface area contributed by atoms with Gasteiger partial charge in [-0.1, -0.05) is 48.0 Å². The van der Waals surface area contributed by atoms with Crippen LogP contribution in [-0.2, 0) is 0 Å². The quantitative estimate of drug-likeness (QED) is 0.575. The molecule has 0 radical (unpaired) electrons. The summed E-state index contributed by atoms with van der Waals surface area (Å²) in [5.74, 6) is -0.479. The minimum Gasteiger partial charge on any atom is -0.350 e. The Hall–Kier alpha value is -2.67. The standard InChI is InChI=1S/C22H22ClN3O2S/c1-26(2)19(15-7-4-3-5-8-15)14-24-21(27)16-10-11-17(23)18(13-16)25-22(28)20-9-6-12-29-20/h3-13,19H,14H2,1-2H3,(H,24,27)(H,25,28). The van der Waals surface area contributed by atoms with E-state index in [0.29, 0.717) is 27.7 Å². The summed E-state index contributed by atoms with van der Waals surface area (Å²) in [5, 5.41) is 7.94. The molecule has 0 aliphatic rings. The number of nitrogens with one attached hydrogen (secondary N) is 2. The van der Waals surface area contributed by atoms with Crippen LogP contribution in [0.1, 0.15) is 31.6 Å². The number of rotatable bonds is 7. The van der Waals surface area contributed by atoms with Crippen molar-refractivity contribution < 1.29 is 9.59 Å². The van der Waals surface area contributed by atoms with Crippen molar-refractivity contribution in [3.05, 3.63) is 87.1 Å². The van der Waals surface area contributed by atoms with Crippen molar-refractivity contribution in [2.75, 3.05) is 26.0 Å². The summed E-state index contributed by atoms with van der Waals surface area (Å²) in [7, 11) is 3.95. The molecule has 1 heterocycles. The molecule has 2 amide bonds. The van der Waals surface area contributed by atoms with Crippen LogP contribution in [0, 0.1) is 0 Å². The zero-order valence-electron chi connectivity index (χ0n) is 16.2. The minimum absolute atomic E-state index is 0.0467. The first-order chi connectivity index (χ1) is 14.0. The molecule has 0 spiro atoms. The summed E-state index contributed by atoms with van der Waals surface area (Å²) in [6.07, 6.45) is 0. The largest absolute Gasteiger partial charge is 0.350 e. The molecule has 3 aromatic rings. The third kappa shape index (κ3) is 5.44. The Bertz CT molecular complexity index is 975. The normalized spacial score (nSPS) is 11.9. The van der Waals surface area contributed by atoms with Crippen LogP contribution in [0.4, 0.5) is 5.69 Å². The van der Waals surface area contributed by atoms with Gasteiger partial charge in [0.15, 0.2) is 0 Å². The Balaban J connectivity index is 1.70. The number of halogens is 1. The van der Waals surface area contributed by atoms with Crippen molar-refractivity contribution in [3.8, 4) is 0 Å². The summed E-state index contributed by atoms with van der Waals surface area (Å²) in [4.78, 5) is 27.6. The first-order valence-corrected chi connectivity index (χ1v) is 10.4. The molecule has 1 unspecified atom stereocenters. The molecule has 2 N–H and O–H groups in total. The number of anilines is 1. The van der Waals surface area contributed by atoms with Crippen molar-refractivity contribution in [3.63, 3.8) is 0 Å². The van der Waals surface area contributed by atoms with E-state index in [2.05, 4.69) is 15.5 Å². The van der Waals surface area contributed by atoms with Gasteiger partial charge < -0.3 is 15.5 Å². The van der Waals surface area contributed by atoms with E-state index in [1.165, 1.54) is 11.3 Å². The molecule has 0 saturated heterocycles. The SMILES string of the molecule is CN(C)C(CNC(=O)c1ccc(Cl)c(NC(=O)c2cccs2)c1)c1ccccc1. The van der Waals surface area contributed by atoms with Gasteiger partial charge in [-0.25, -0.2) is 0 Å². The fraction of sp³-hybridized carbons (Fsp3) is 0.182. The van der Waals surface area contributed by atoms with Crippen LogP contribution in [0.25, 0.3) is 0 Å². The maximum absolute atomic E-state index is 12.7. The first-order valence-electron chi connectivity index (χ1n) is 9.09. The zero-order valence-corrected chi connectivity index (χ0v) is 17.8. The van der Waals surface area contributed by atoms with Crippen LogP contribution >= 0.6 is 22.9 Å². The van der Waals surface area contributed by atoms with Gasteiger partial charge in [0, 0.05) is 12.1 Å². The second-order valence-corrected chi connectivity index (χ2v) is 8.08. The van der Waals surface area contributed by atoms with Gasteiger partial charge in [0.05, 0.1) is 21.6 Å². The molecule has 1 atom stereocenters. The van der Waals surface area contributed by atoms with Gasteiger partial charge in [-0.2, -0.15) is 0 Å². The molecule has 0 aliphatic carbocycles. The lowest BCUT2D eigenvalue weighted by Gasteiger charge is -2.25. The highest BCUT2D eigenvalue weighted by atomic mass is 35.5. The van der Waals surface area contributed by atoms with E-state index in [4.69, 9.17) is 11.6 Å². The second kappa shape index (κ2) is 9.69. The molecule has 0 saturated carbocycles. The lowest BCUT2D eigenvalue weighted by Crippen LogP contribution is -2.34. The highest BCUT2D eigenvalue weighted by Crippen LogP contribution is 2.25. The van der Waals surface area contributed by atoms with Gasteiger partial charge in [0.25, 0.3) is 11.8 Å². The monoisotopic (exact) mass is 427 g/mol. The maximum atomic E-state index is 12.7. The van der Waals surface area contributed by atoms with E-state index >= 15 is 0 Å². The highest BCUT2D eigenvalue weighted by Gasteiger charge is 2.17. The molecule has 0 aliphatic heterocycles. The van der Waals surface area contributed by atoms with Crippen molar-refractivity contribution in [1.29, 1.82) is 0 Å². The molecule has 29 heavy (non-hydrogen) atoms. The smallest absolute Gasteiger partial charge is 0.265 e. The molecule has 150 valence electrons. The average molecular weight is 428 g/mol. The number of hydrogen-bond donors (Lipinski definition) is 2. The Kier molecular flexibility index (Phi) is 7.04. The maximum Gasteiger partial charge on any atom is 0.265 e. The lowest BCUT2D eigenvalue weighted by atomic mass is 10.1. The summed E-state index contributed by atoms with van der Waals surface area (Å²) >= 11 is 7.55. The predicted molar refractivity (Wildman–Crippen MR) is 119 cm³/mol. The summed E-state index contributed by atoms with van der Waals surface area (Å²) in [6, 6.07) is 18.4. The molecular weight excluding hydrogens is 406 g/mol. The van der Waals surface area contributed by atoms with Gasteiger partial charge in [0.1, 0.15) is 0 Å². The number of carbonyl (C=O) groups excluding carboxylic acids is 2. The van der Waals surface area contributed by atoms with Gasteiger partial charge in [-0.15, -0.1) is 11.3 Å². The number of nitrogens with zero attached hydrogens (tertiary/aromatic N) is 1. The van der Waals surface area contributed by atoms with Gasteiger partial charge in [0.2, 0.25) is 0 Å². The molecular formula is C22H22ClN3O2S. The molecule has 0 fully saturated rings. The van der Waals surface area contributed by atoms with Crippen LogP contribution < -0.4 is 10.6 Å². The van der Waals surface area contributed by atoms with Crippen LogP contribution in [-0.4, -0.2) is 37.4 Å². The van der Waals surface area contributed by atoms with Crippen LogP contribution in [0.15, 0.2) is 66.0 Å². The van der Waals surface area contributed by atoms with E-state index in [0.717, 1.165) is 5.56 Å². The lowest BCUT2D eigenvalue weighted by molar-refractivity contribution is 0.0940. The molecule has 5 nitrogen and oxygen atoms in total. The van der Waals surface area contributed by atoms with Crippen LogP contribution in [0.5, 0.6) is 0 Å². The van der Waals surface area contributed by atoms with Crippen molar-refractivity contribution in [2.45, 2.75) is 6.04 Å². The van der Waals surface area contributed by atoms with Crippen molar-refractivity contribution in [2.24, 2.45) is 0 Å². The van der Waals surface area contributed by atoms with Crippen molar-refractivity contribution in [1.82, 2.24) is 10.2 Å². The van der Waals surface area contributed by atoms with Crippen LogP contribution in [0.3, 0.4) is 0 Å². The molecule has 1 aromatic heterocycles. The van der Waals surface area contributed by atoms with E-state index in [1.807, 2.05) is 49.8 Å². The number of hydrogen-bond acceptors (Lipinski definition) is 4. The van der Waals surface area contributed by atoms with Crippen LogP contribution in [0.2, 0.25) is 5.02 Å². The fourth-order valence-electron chi connectivity index (χ4n) is 2.92. The molecule has 3 rings (SSSR count). The number of benzene rings is 2. The highest BCUT2D eigenvalue weighted by molar-refractivity contribution is 7.12. The number of carbonyl (C=O) groups is 2. The summed E-state index contributed by atoms with van der Waals surface area (Å²) < 4.78 is 0. The summed E-state index contributed by atoms with van der Waals surface area (Å²) in [5.41, 5.74) is 1.96. The Morgan fingerprint density at radius 2 is 1.79 bits per heavy atom. The Morgan fingerprint density at radius 1 is 1.03 bits per heavy atom. The van der Waals surface area contributed by atoms with Crippen molar-refractivity contribution >= 4 is 40.4 Å². The topological polar surface area (TPSA) is 61.4 Å².